The summed E-state index contributed by atoms with van der Waals surface area (Å²) < 4.78 is 12.7. The van der Waals surface area contributed by atoms with Gasteiger partial charge in [0.1, 0.15) is 5.82 Å². The van der Waals surface area contributed by atoms with Crippen LogP contribution in [0.3, 0.4) is 0 Å². The predicted molar refractivity (Wildman–Crippen MR) is 56.5 cm³/mol. The molecule has 0 aliphatic heterocycles. The maximum Gasteiger partial charge on any atom is 0.124 e. The molecular weight excluding hydrogens is 201 g/mol. The molecule has 0 bridgehead atoms. The Balaban J connectivity index is 2.73. The molecule has 3 heteroatoms. The number of benzene rings is 1. The topological polar surface area (TPSA) is 26.0 Å². The van der Waals surface area contributed by atoms with Crippen molar-refractivity contribution in [1.82, 2.24) is 0 Å². The van der Waals surface area contributed by atoms with Crippen LogP contribution in [-0.2, 0) is 6.42 Å². The van der Waals surface area contributed by atoms with Crippen molar-refractivity contribution < 1.29 is 4.39 Å². The van der Waals surface area contributed by atoms with Gasteiger partial charge in [-0.05, 0) is 24.1 Å². The number of rotatable bonds is 3. The quantitative estimate of drug-likeness (QED) is 0.764. The van der Waals surface area contributed by atoms with E-state index in [1.165, 1.54) is 12.1 Å². The fraction of sp³-hybridized carbons (Fsp3) is 0.273. The second-order valence-corrected chi connectivity index (χ2v) is 3.52. The fourth-order valence-electron chi connectivity index (χ4n) is 1.19. The highest BCUT2D eigenvalue weighted by Crippen LogP contribution is 2.18. The van der Waals surface area contributed by atoms with Gasteiger partial charge < -0.3 is 5.73 Å². The maximum absolute atomic E-state index is 12.7. The van der Waals surface area contributed by atoms with E-state index < -0.39 is 0 Å². The van der Waals surface area contributed by atoms with Crippen LogP contribution in [0.5, 0.6) is 0 Å². The van der Waals surface area contributed by atoms with Crippen LogP contribution in [0.15, 0.2) is 18.2 Å². The first-order chi connectivity index (χ1) is 6.63. The first kappa shape index (κ1) is 11.0. The van der Waals surface area contributed by atoms with Crippen LogP contribution >= 0.6 is 11.6 Å². The van der Waals surface area contributed by atoms with Crippen molar-refractivity contribution in [3.05, 3.63) is 34.6 Å². The van der Waals surface area contributed by atoms with Gasteiger partial charge >= 0.3 is 0 Å². The van der Waals surface area contributed by atoms with E-state index in [0.29, 0.717) is 17.9 Å². The van der Waals surface area contributed by atoms with E-state index in [1.807, 2.05) is 0 Å². The van der Waals surface area contributed by atoms with E-state index in [4.69, 9.17) is 23.8 Å². The zero-order chi connectivity index (χ0) is 10.6. The van der Waals surface area contributed by atoms with Gasteiger partial charge in [-0.15, -0.1) is 12.3 Å². The van der Waals surface area contributed by atoms with Crippen molar-refractivity contribution in [2.75, 3.05) is 0 Å². The molecule has 1 rings (SSSR count). The third-order valence-corrected chi connectivity index (χ3v) is 2.23. The average Bonchev–Trinajstić information content (AvgIpc) is 2.10. The van der Waals surface area contributed by atoms with Crippen LogP contribution in [0, 0.1) is 18.2 Å². The molecule has 0 amide bonds. The molecule has 0 heterocycles. The minimum Gasteiger partial charge on any atom is -0.327 e. The van der Waals surface area contributed by atoms with Gasteiger partial charge in [0.15, 0.2) is 0 Å². The highest BCUT2D eigenvalue weighted by molar-refractivity contribution is 6.31. The summed E-state index contributed by atoms with van der Waals surface area (Å²) >= 11 is 5.83. The Morgan fingerprint density at radius 3 is 2.86 bits per heavy atom. The van der Waals surface area contributed by atoms with Crippen LogP contribution in [0.25, 0.3) is 0 Å². The molecule has 0 radical (unpaired) electrons. The Hall–Kier alpha value is -1.04. The summed E-state index contributed by atoms with van der Waals surface area (Å²) in [4.78, 5) is 0. The van der Waals surface area contributed by atoms with Crippen molar-refractivity contribution in [3.63, 3.8) is 0 Å². The summed E-state index contributed by atoms with van der Waals surface area (Å²) in [5.41, 5.74) is 6.56. The summed E-state index contributed by atoms with van der Waals surface area (Å²) in [6.45, 7) is 0. The highest BCUT2D eigenvalue weighted by atomic mass is 35.5. The van der Waals surface area contributed by atoms with Crippen molar-refractivity contribution >= 4 is 11.6 Å². The molecule has 74 valence electrons. The van der Waals surface area contributed by atoms with Crippen LogP contribution < -0.4 is 5.73 Å². The zero-order valence-electron chi connectivity index (χ0n) is 7.63. The summed E-state index contributed by atoms with van der Waals surface area (Å²) in [5, 5.41) is 0.400. The van der Waals surface area contributed by atoms with Gasteiger partial charge in [0, 0.05) is 17.5 Å². The summed E-state index contributed by atoms with van der Waals surface area (Å²) in [6, 6.07) is 4.15. The normalized spacial score (nSPS) is 12.1. The largest absolute Gasteiger partial charge is 0.327 e. The molecule has 0 spiro atoms. The Morgan fingerprint density at radius 2 is 2.29 bits per heavy atom. The lowest BCUT2D eigenvalue weighted by Gasteiger charge is -2.09. The number of hydrogen-bond acceptors (Lipinski definition) is 1. The van der Waals surface area contributed by atoms with Gasteiger partial charge in [-0.1, -0.05) is 17.7 Å². The van der Waals surface area contributed by atoms with Gasteiger partial charge in [0.25, 0.3) is 0 Å². The van der Waals surface area contributed by atoms with Crippen molar-refractivity contribution in [3.8, 4) is 12.3 Å². The zero-order valence-corrected chi connectivity index (χ0v) is 8.39. The van der Waals surface area contributed by atoms with Crippen LogP contribution in [0.1, 0.15) is 12.0 Å². The first-order valence-corrected chi connectivity index (χ1v) is 4.64. The Morgan fingerprint density at radius 1 is 1.57 bits per heavy atom. The molecule has 0 fully saturated rings. The summed E-state index contributed by atoms with van der Waals surface area (Å²) in [5.74, 6) is 2.13. The Kier molecular flexibility index (Phi) is 3.94. The van der Waals surface area contributed by atoms with Crippen molar-refractivity contribution in [1.29, 1.82) is 0 Å². The lowest BCUT2D eigenvalue weighted by atomic mass is 10.0. The number of halogens is 2. The van der Waals surface area contributed by atoms with E-state index in [-0.39, 0.29) is 11.9 Å². The minimum atomic E-state index is -0.343. The van der Waals surface area contributed by atoms with E-state index >= 15 is 0 Å². The second-order valence-electron chi connectivity index (χ2n) is 3.11. The third-order valence-electron chi connectivity index (χ3n) is 1.88. The van der Waals surface area contributed by atoms with Crippen LogP contribution in [-0.4, -0.2) is 6.04 Å². The third kappa shape index (κ3) is 3.02. The molecule has 0 saturated carbocycles. The average molecular weight is 212 g/mol. The lowest BCUT2D eigenvalue weighted by molar-refractivity contribution is 0.625. The number of nitrogens with two attached hydrogens (primary N) is 1. The molecule has 0 saturated heterocycles. The van der Waals surface area contributed by atoms with Gasteiger partial charge in [0.2, 0.25) is 0 Å². The van der Waals surface area contributed by atoms with Gasteiger partial charge in [-0.2, -0.15) is 0 Å². The lowest BCUT2D eigenvalue weighted by Crippen LogP contribution is -2.22. The van der Waals surface area contributed by atoms with Gasteiger partial charge in [-0.3, -0.25) is 0 Å². The molecule has 1 atom stereocenters. The highest BCUT2D eigenvalue weighted by Gasteiger charge is 2.06. The van der Waals surface area contributed by atoms with Gasteiger partial charge in [0.05, 0.1) is 0 Å². The SMILES string of the molecule is C#CCC(N)Cc1ccc(F)cc1Cl. The molecule has 2 N–H and O–H groups in total. The molecule has 1 aromatic carbocycles. The second kappa shape index (κ2) is 4.99. The van der Waals surface area contributed by atoms with Crippen molar-refractivity contribution in [2.45, 2.75) is 18.9 Å². The van der Waals surface area contributed by atoms with Crippen LogP contribution in [0.4, 0.5) is 4.39 Å². The Bertz CT molecular complexity index is 357. The van der Waals surface area contributed by atoms with E-state index in [0.717, 1.165) is 5.56 Å². The fourth-order valence-corrected chi connectivity index (χ4v) is 1.44. The molecule has 1 unspecified atom stereocenters. The molecule has 14 heavy (non-hydrogen) atoms. The monoisotopic (exact) mass is 211 g/mol. The standard InChI is InChI=1S/C11H11ClFN/c1-2-3-10(14)6-8-4-5-9(13)7-11(8)12/h1,4-5,7,10H,3,6,14H2. The van der Waals surface area contributed by atoms with E-state index in [9.17, 15) is 4.39 Å². The number of terminal acetylenes is 1. The summed E-state index contributed by atoms with van der Waals surface area (Å²) in [6.07, 6.45) is 6.19. The Labute approximate surface area is 88.1 Å². The summed E-state index contributed by atoms with van der Waals surface area (Å²) in [7, 11) is 0. The van der Waals surface area contributed by atoms with E-state index in [2.05, 4.69) is 5.92 Å². The maximum atomic E-state index is 12.7. The van der Waals surface area contributed by atoms with Crippen LogP contribution in [0.2, 0.25) is 5.02 Å². The van der Waals surface area contributed by atoms with Crippen molar-refractivity contribution in [2.24, 2.45) is 5.73 Å². The molecule has 1 nitrogen and oxygen atoms in total. The molecule has 1 aromatic rings. The smallest absolute Gasteiger partial charge is 0.124 e. The molecule has 0 aliphatic rings. The molecule has 0 aromatic heterocycles. The van der Waals surface area contributed by atoms with Gasteiger partial charge in [-0.25, -0.2) is 4.39 Å². The van der Waals surface area contributed by atoms with E-state index in [1.54, 1.807) is 6.07 Å². The number of hydrogen-bond donors (Lipinski definition) is 1. The molecule has 0 aliphatic carbocycles. The minimum absolute atomic E-state index is 0.122. The molecular formula is C11H11ClFN. The predicted octanol–water partition coefficient (Wildman–Crippen LogP) is 2.37. The first-order valence-electron chi connectivity index (χ1n) is 4.26.